The highest BCUT2D eigenvalue weighted by molar-refractivity contribution is 6.52. The zero-order valence-corrected chi connectivity index (χ0v) is 20.2. The summed E-state index contributed by atoms with van der Waals surface area (Å²) in [6.07, 6.45) is 0. The number of non-ortho nitro benzene ring substituents is 1. The first-order chi connectivity index (χ1) is 18.3. The Bertz CT molecular complexity index is 1640. The molecule has 4 aromatic rings. The van der Waals surface area contributed by atoms with E-state index in [2.05, 4.69) is 0 Å². The molecule has 0 saturated carbocycles. The van der Waals surface area contributed by atoms with Crippen LogP contribution in [0.1, 0.15) is 24.1 Å². The molecule has 0 bridgehead atoms. The first kappa shape index (κ1) is 24.5. The first-order valence-corrected chi connectivity index (χ1v) is 11.8. The molecule has 1 aliphatic rings. The number of aliphatic hydroxyl groups excluding tert-OH is 1. The molecule has 1 fully saturated rings. The van der Waals surface area contributed by atoms with Crippen molar-refractivity contribution in [3.8, 4) is 11.5 Å². The highest BCUT2D eigenvalue weighted by Gasteiger charge is 2.47. The van der Waals surface area contributed by atoms with E-state index in [0.29, 0.717) is 16.6 Å². The number of carbonyl (C=O) groups excluding carboxylic acids is 2. The fourth-order valence-electron chi connectivity index (χ4n) is 4.71. The van der Waals surface area contributed by atoms with Crippen LogP contribution >= 0.6 is 0 Å². The zero-order chi connectivity index (χ0) is 27.0. The highest BCUT2D eigenvalue weighted by atomic mass is 16.6. The van der Waals surface area contributed by atoms with Crippen LogP contribution in [-0.2, 0) is 9.59 Å². The minimum absolute atomic E-state index is 0.0175. The number of phenolic OH excluding ortho intramolecular Hbond substituents is 1. The first-order valence-electron chi connectivity index (χ1n) is 11.8. The van der Waals surface area contributed by atoms with E-state index < -0.39 is 28.4 Å². The molecule has 5 rings (SSSR count). The Morgan fingerprint density at radius 1 is 1.00 bits per heavy atom. The average Bonchev–Trinajstić information content (AvgIpc) is 3.19. The summed E-state index contributed by atoms with van der Waals surface area (Å²) in [5, 5.41) is 34.5. The molecule has 1 atom stereocenters. The Morgan fingerprint density at radius 3 is 2.50 bits per heavy atom. The molecule has 1 aliphatic heterocycles. The predicted octanol–water partition coefficient (Wildman–Crippen LogP) is 5.48. The summed E-state index contributed by atoms with van der Waals surface area (Å²) in [4.78, 5) is 39.1. The standard InChI is InChI=1S/C29H22N2O7/c1-2-38-24-16-18(13-14-23(24)32)26-25(27(33)19-9-5-10-20(15-19)31(36)37)28(34)29(35)30(26)22-12-6-8-17-7-3-4-11-21(17)22/h3-16,26,32-33H,2H2,1H3/b27-25+. The summed E-state index contributed by atoms with van der Waals surface area (Å²) < 4.78 is 5.53. The van der Waals surface area contributed by atoms with E-state index in [1.165, 1.54) is 41.3 Å². The number of fused-ring (bicyclic) bond motifs is 1. The van der Waals surface area contributed by atoms with Crippen molar-refractivity contribution in [2.45, 2.75) is 13.0 Å². The van der Waals surface area contributed by atoms with Crippen LogP contribution in [0.2, 0.25) is 0 Å². The lowest BCUT2D eigenvalue weighted by Crippen LogP contribution is -2.29. The molecule has 1 unspecified atom stereocenters. The van der Waals surface area contributed by atoms with Crippen LogP contribution in [0.25, 0.3) is 16.5 Å². The van der Waals surface area contributed by atoms with E-state index in [9.17, 15) is 29.9 Å². The summed E-state index contributed by atoms with van der Waals surface area (Å²) in [5.41, 5.74) is 0.335. The summed E-state index contributed by atoms with van der Waals surface area (Å²) in [5.74, 6) is -2.35. The summed E-state index contributed by atoms with van der Waals surface area (Å²) >= 11 is 0. The van der Waals surface area contributed by atoms with Crippen LogP contribution in [-0.4, -0.2) is 33.4 Å². The number of benzene rings is 4. The van der Waals surface area contributed by atoms with Crippen LogP contribution in [0.5, 0.6) is 11.5 Å². The van der Waals surface area contributed by atoms with Crippen molar-refractivity contribution in [2.75, 3.05) is 11.5 Å². The van der Waals surface area contributed by atoms with Crippen LogP contribution < -0.4 is 9.64 Å². The number of rotatable bonds is 6. The molecule has 0 aromatic heterocycles. The van der Waals surface area contributed by atoms with Gasteiger partial charge in [0.2, 0.25) is 0 Å². The highest BCUT2D eigenvalue weighted by Crippen LogP contribution is 2.45. The summed E-state index contributed by atoms with van der Waals surface area (Å²) in [6.45, 7) is 2.00. The van der Waals surface area contributed by atoms with Gasteiger partial charge in [-0.1, -0.05) is 54.6 Å². The molecule has 0 aliphatic carbocycles. The van der Waals surface area contributed by atoms with Gasteiger partial charge in [0.15, 0.2) is 11.5 Å². The maximum atomic E-state index is 13.6. The minimum Gasteiger partial charge on any atom is -0.507 e. The van der Waals surface area contributed by atoms with Gasteiger partial charge in [-0.3, -0.25) is 24.6 Å². The fraction of sp³-hybridized carbons (Fsp3) is 0.103. The molecule has 0 spiro atoms. The summed E-state index contributed by atoms with van der Waals surface area (Å²) in [7, 11) is 0. The number of anilines is 1. The molecule has 0 radical (unpaired) electrons. The number of hydrogen-bond donors (Lipinski definition) is 2. The van der Waals surface area contributed by atoms with Gasteiger partial charge in [0, 0.05) is 23.1 Å². The monoisotopic (exact) mass is 510 g/mol. The van der Waals surface area contributed by atoms with Crippen molar-refractivity contribution in [3.05, 3.63) is 112 Å². The van der Waals surface area contributed by atoms with Crippen LogP contribution in [0.4, 0.5) is 11.4 Å². The topological polar surface area (TPSA) is 130 Å². The molecule has 1 heterocycles. The number of aliphatic hydroxyl groups is 1. The van der Waals surface area contributed by atoms with Gasteiger partial charge in [0.1, 0.15) is 5.76 Å². The van der Waals surface area contributed by atoms with Crippen molar-refractivity contribution in [1.29, 1.82) is 0 Å². The van der Waals surface area contributed by atoms with Crippen molar-refractivity contribution < 1.29 is 29.5 Å². The zero-order valence-electron chi connectivity index (χ0n) is 20.2. The third kappa shape index (κ3) is 4.09. The lowest BCUT2D eigenvalue weighted by molar-refractivity contribution is -0.384. The van der Waals surface area contributed by atoms with Gasteiger partial charge in [-0.25, -0.2) is 0 Å². The number of aromatic hydroxyl groups is 1. The quantitative estimate of drug-likeness (QED) is 0.115. The van der Waals surface area contributed by atoms with E-state index in [1.54, 1.807) is 19.1 Å². The number of nitrogens with zero attached hydrogens (tertiary/aromatic N) is 2. The third-order valence-corrected chi connectivity index (χ3v) is 6.40. The molecular formula is C29H22N2O7. The smallest absolute Gasteiger partial charge is 0.300 e. The Morgan fingerprint density at radius 2 is 1.74 bits per heavy atom. The van der Waals surface area contributed by atoms with Crippen molar-refractivity contribution >= 4 is 39.6 Å². The number of amides is 1. The van der Waals surface area contributed by atoms with Gasteiger partial charge in [0.25, 0.3) is 17.4 Å². The maximum absolute atomic E-state index is 13.6. The molecule has 1 amide bonds. The van der Waals surface area contributed by atoms with Gasteiger partial charge >= 0.3 is 0 Å². The molecular weight excluding hydrogens is 488 g/mol. The van der Waals surface area contributed by atoms with Crippen molar-refractivity contribution in [3.63, 3.8) is 0 Å². The van der Waals surface area contributed by atoms with Gasteiger partial charge < -0.3 is 14.9 Å². The second-order valence-corrected chi connectivity index (χ2v) is 8.63. The average molecular weight is 511 g/mol. The molecule has 4 aromatic carbocycles. The van der Waals surface area contributed by atoms with Crippen LogP contribution in [0, 0.1) is 10.1 Å². The predicted molar refractivity (Wildman–Crippen MR) is 141 cm³/mol. The Labute approximate surface area is 217 Å². The second-order valence-electron chi connectivity index (χ2n) is 8.63. The van der Waals surface area contributed by atoms with Gasteiger partial charge in [0.05, 0.1) is 28.8 Å². The molecule has 2 N–H and O–H groups in total. The van der Waals surface area contributed by atoms with E-state index in [0.717, 1.165) is 11.5 Å². The molecule has 9 heteroatoms. The number of nitro benzene ring substituents is 1. The van der Waals surface area contributed by atoms with Crippen LogP contribution in [0.15, 0.2) is 90.5 Å². The molecule has 38 heavy (non-hydrogen) atoms. The van der Waals surface area contributed by atoms with E-state index in [1.807, 2.05) is 30.3 Å². The molecule has 9 nitrogen and oxygen atoms in total. The lowest BCUT2D eigenvalue weighted by Gasteiger charge is -2.27. The second kappa shape index (κ2) is 9.70. The van der Waals surface area contributed by atoms with Gasteiger partial charge in [-0.2, -0.15) is 0 Å². The Hall–Kier alpha value is -5.18. The number of phenols is 1. The van der Waals surface area contributed by atoms with E-state index in [4.69, 9.17) is 4.74 Å². The van der Waals surface area contributed by atoms with Crippen molar-refractivity contribution in [2.24, 2.45) is 0 Å². The van der Waals surface area contributed by atoms with Gasteiger partial charge in [-0.05, 0) is 36.1 Å². The fourth-order valence-corrected chi connectivity index (χ4v) is 4.71. The largest absolute Gasteiger partial charge is 0.507 e. The van der Waals surface area contributed by atoms with E-state index >= 15 is 0 Å². The summed E-state index contributed by atoms with van der Waals surface area (Å²) in [6, 6.07) is 21.2. The molecule has 190 valence electrons. The normalized spacial score (nSPS) is 16.7. The van der Waals surface area contributed by atoms with Gasteiger partial charge in [-0.15, -0.1) is 0 Å². The Balaban J connectivity index is 1.79. The minimum atomic E-state index is -1.11. The third-order valence-electron chi connectivity index (χ3n) is 6.40. The Kier molecular flexibility index (Phi) is 6.26. The van der Waals surface area contributed by atoms with E-state index in [-0.39, 0.29) is 34.9 Å². The number of carbonyl (C=O) groups is 2. The number of hydrogen-bond acceptors (Lipinski definition) is 7. The number of ketones is 1. The number of nitro groups is 1. The molecule has 1 saturated heterocycles. The number of ether oxygens (including phenoxy) is 1. The SMILES string of the molecule is CCOc1cc(C2/C(=C(\O)c3cccc([N+](=O)[O-])c3)C(=O)C(=O)N2c2cccc3ccccc23)ccc1O. The number of Topliss-reactive ketones (excluding diaryl/α,β-unsaturated/α-hetero) is 1. The maximum Gasteiger partial charge on any atom is 0.300 e. The lowest BCUT2D eigenvalue weighted by atomic mass is 9.94. The van der Waals surface area contributed by atoms with Crippen LogP contribution in [0.3, 0.4) is 0 Å². The van der Waals surface area contributed by atoms with Crippen molar-refractivity contribution in [1.82, 2.24) is 0 Å².